The molecule has 100 valence electrons. The average molecular weight is 324 g/mol. The molecule has 0 fully saturated rings. The Bertz CT molecular complexity index is 397. The van der Waals surface area contributed by atoms with E-state index in [4.69, 9.17) is 0 Å². The highest BCUT2D eigenvalue weighted by Gasteiger charge is 2.25. The second-order valence-electron chi connectivity index (χ2n) is 4.06. The van der Waals surface area contributed by atoms with Crippen molar-refractivity contribution in [3.8, 4) is 0 Å². The van der Waals surface area contributed by atoms with Gasteiger partial charge in [0.2, 0.25) is 0 Å². The van der Waals surface area contributed by atoms with Crippen molar-refractivity contribution in [1.82, 2.24) is 0 Å². The van der Waals surface area contributed by atoms with Crippen LogP contribution in [0.25, 0.3) is 0 Å². The van der Waals surface area contributed by atoms with Crippen molar-refractivity contribution in [1.29, 1.82) is 0 Å². The van der Waals surface area contributed by atoms with Gasteiger partial charge in [0, 0.05) is 17.3 Å². The van der Waals surface area contributed by atoms with Gasteiger partial charge in [-0.25, -0.2) is 0 Å². The van der Waals surface area contributed by atoms with Crippen molar-refractivity contribution < 1.29 is 13.2 Å². The fourth-order valence-electron chi connectivity index (χ4n) is 1.66. The van der Waals surface area contributed by atoms with Crippen LogP contribution in [0, 0.1) is 4.91 Å². The van der Waals surface area contributed by atoms with Crippen molar-refractivity contribution >= 4 is 15.9 Å². The van der Waals surface area contributed by atoms with Gasteiger partial charge in [0.1, 0.15) is 0 Å². The Hall–Kier alpha value is -0.910. The number of nitrogens with zero attached hydrogens (tertiary/aromatic N) is 1. The predicted molar refractivity (Wildman–Crippen MR) is 68.1 cm³/mol. The third-order valence-electron chi connectivity index (χ3n) is 2.57. The van der Waals surface area contributed by atoms with Crippen molar-refractivity contribution in [2.75, 3.05) is 0 Å². The summed E-state index contributed by atoms with van der Waals surface area (Å²) in [5, 5.41) is 2.88. The summed E-state index contributed by atoms with van der Waals surface area (Å²) >= 11 is 3.35. The van der Waals surface area contributed by atoms with E-state index in [1.807, 2.05) is 0 Å². The van der Waals surface area contributed by atoms with Gasteiger partial charge in [0.25, 0.3) is 0 Å². The van der Waals surface area contributed by atoms with Gasteiger partial charge in [-0.05, 0) is 42.2 Å². The molecule has 2 nitrogen and oxygen atoms in total. The molecule has 0 aromatic rings. The fourth-order valence-corrected chi connectivity index (χ4v) is 2.15. The molecule has 0 saturated heterocycles. The van der Waals surface area contributed by atoms with Crippen LogP contribution in [0.4, 0.5) is 13.2 Å². The first kappa shape index (κ1) is 15.1. The maximum absolute atomic E-state index is 12.0. The molecule has 0 aromatic heterocycles. The van der Waals surface area contributed by atoms with Gasteiger partial charge in [-0.3, -0.25) is 0 Å². The molecule has 0 saturated carbocycles. The van der Waals surface area contributed by atoms with E-state index in [0.29, 0.717) is 25.0 Å². The zero-order chi connectivity index (χ0) is 13.6. The lowest BCUT2D eigenvalue weighted by molar-refractivity contribution is -0.135. The van der Waals surface area contributed by atoms with E-state index in [2.05, 4.69) is 21.1 Å². The first-order chi connectivity index (χ1) is 8.42. The van der Waals surface area contributed by atoms with Crippen LogP contribution in [0.1, 0.15) is 32.1 Å². The van der Waals surface area contributed by atoms with E-state index in [1.54, 1.807) is 18.2 Å². The smallest absolute Gasteiger partial charge is 0.171 e. The standard InChI is InChI=1S/C12H13BrF3NO/c13-11-6-3-5-10(17-18)8-9(11)4-1-2-7-12(14,15)16/h3,5-6H,1-2,4,7-8H2. The number of nitroso groups, excluding NO2 is 1. The van der Waals surface area contributed by atoms with E-state index in [-0.39, 0.29) is 6.42 Å². The summed E-state index contributed by atoms with van der Waals surface area (Å²) in [6.45, 7) is 0. The molecule has 1 rings (SSSR count). The molecular weight excluding hydrogens is 311 g/mol. The first-order valence-corrected chi connectivity index (χ1v) is 6.36. The van der Waals surface area contributed by atoms with Crippen LogP contribution >= 0.6 is 15.9 Å². The molecule has 0 amide bonds. The second kappa shape index (κ2) is 6.87. The molecule has 0 aliphatic heterocycles. The highest BCUT2D eigenvalue weighted by molar-refractivity contribution is 9.11. The molecule has 0 atom stereocenters. The van der Waals surface area contributed by atoms with E-state index < -0.39 is 12.6 Å². The third kappa shape index (κ3) is 5.62. The molecule has 18 heavy (non-hydrogen) atoms. The Morgan fingerprint density at radius 3 is 2.67 bits per heavy atom. The number of hydrogen-bond acceptors (Lipinski definition) is 2. The summed E-state index contributed by atoms with van der Waals surface area (Å²) in [6, 6.07) is 0. The summed E-state index contributed by atoms with van der Waals surface area (Å²) in [6.07, 6.45) is 1.70. The van der Waals surface area contributed by atoms with Crippen LogP contribution in [0.5, 0.6) is 0 Å². The number of alkyl halides is 3. The monoisotopic (exact) mass is 323 g/mol. The van der Waals surface area contributed by atoms with Gasteiger partial charge in [0.05, 0.1) is 5.70 Å². The highest BCUT2D eigenvalue weighted by atomic mass is 79.9. The number of allylic oxidation sites excluding steroid dienone is 5. The Morgan fingerprint density at radius 1 is 1.33 bits per heavy atom. The number of hydrogen-bond donors (Lipinski definition) is 0. The first-order valence-electron chi connectivity index (χ1n) is 5.57. The Balaban J connectivity index is 2.48. The van der Waals surface area contributed by atoms with E-state index >= 15 is 0 Å². The zero-order valence-electron chi connectivity index (χ0n) is 9.63. The lowest BCUT2D eigenvalue weighted by Gasteiger charge is -2.09. The van der Waals surface area contributed by atoms with Crippen molar-refractivity contribution in [3.05, 3.63) is 38.9 Å². The Morgan fingerprint density at radius 2 is 2.06 bits per heavy atom. The van der Waals surface area contributed by atoms with Crippen molar-refractivity contribution in [3.63, 3.8) is 0 Å². The molecule has 0 radical (unpaired) electrons. The lowest BCUT2D eigenvalue weighted by atomic mass is 10.0. The van der Waals surface area contributed by atoms with Crippen LogP contribution in [-0.4, -0.2) is 6.18 Å². The van der Waals surface area contributed by atoms with E-state index in [1.165, 1.54) is 0 Å². The lowest BCUT2D eigenvalue weighted by Crippen LogP contribution is -2.06. The molecule has 0 spiro atoms. The van der Waals surface area contributed by atoms with Gasteiger partial charge < -0.3 is 0 Å². The second-order valence-corrected chi connectivity index (χ2v) is 4.91. The Kier molecular flexibility index (Phi) is 5.78. The van der Waals surface area contributed by atoms with Gasteiger partial charge in [-0.1, -0.05) is 22.0 Å². The Labute approximate surface area is 112 Å². The number of halogens is 4. The molecule has 1 aliphatic carbocycles. The molecule has 1 aliphatic rings. The molecule has 0 bridgehead atoms. The molecule has 0 heterocycles. The van der Waals surface area contributed by atoms with Crippen molar-refractivity contribution in [2.24, 2.45) is 5.18 Å². The van der Waals surface area contributed by atoms with Gasteiger partial charge in [0.15, 0.2) is 0 Å². The summed E-state index contributed by atoms with van der Waals surface area (Å²) in [5.74, 6) is 0. The van der Waals surface area contributed by atoms with Crippen LogP contribution < -0.4 is 0 Å². The van der Waals surface area contributed by atoms with Crippen LogP contribution in [0.15, 0.2) is 39.2 Å². The fraction of sp³-hybridized carbons (Fsp3) is 0.500. The minimum atomic E-state index is -4.09. The maximum Gasteiger partial charge on any atom is 0.389 e. The number of unbranched alkanes of at least 4 members (excludes halogenated alkanes) is 1. The largest absolute Gasteiger partial charge is 0.389 e. The summed E-state index contributed by atoms with van der Waals surface area (Å²) in [5.41, 5.74) is 1.31. The van der Waals surface area contributed by atoms with Gasteiger partial charge >= 0.3 is 6.18 Å². The quantitative estimate of drug-likeness (QED) is 0.494. The average Bonchev–Trinajstić information content (AvgIpc) is 2.46. The summed E-state index contributed by atoms with van der Waals surface area (Å²) in [4.78, 5) is 10.5. The maximum atomic E-state index is 12.0. The summed E-state index contributed by atoms with van der Waals surface area (Å²) in [7, 11) is 0. The predicted octanol–water partition coefficient (Wildman–Crippen LogP) is 5.37. The number of rotatable bonds is 5. The van der Waals surface area contributed by atoms with Gasteiger partial charge in [-0.2, -0.15) is 13.2 Å². The van der Waals surface area contributed by atoms with E-state index in [9.17, 15) is 18.1 Å². The van der Waals surface area contributed by atoms with Gasteiger partial charge in [-0.15, -0.1) is 4.91 Å². The van der Waals surface area contributed by atoms with Crippen LogP contribution in [-0.2, 0) is 0 Å². The SMILES string of the molecule is O=NC1=CC=CC(Br)=C(CCCCC(F)(F)F)C1. The summed E-state index contributed by atoms with van der Waals surface area (Å²) < 4.78 is 36.8. The molecule has 6 heteroatoms. The molecular formula is C12H13BrF3NO. The normalized spacial score (nSPS) is 16.6. The van der Waals surface area contributed by atoms with Crippen molar-refractivity contribution in [2.45, 2.75) is 38.3 Å². The molecule has 0 aromatic carbocycles. The van der Waals surface area contributed by atoms with Crippen LogP contribution in [0.2, 0.25) is 0 Å². The molecule has 0 unspecified atom stereocenters. The highest BCUT2D eigenvalue weighted by Crippen LogP contribution is 2.29. The third-order valence-corrected chi connectivity index (χ3v) is 3.39. The zero-order valence-corrected chi connectivity index (χ0v) is 11.2. The van der Waals surface area contributed by atoms with Crippen LogP contribution in [0.3, 0.4) is 0 Å². The topological polar surface area (TPSA) is 29.4 Å². The van der Waals surface area contributed by atoms with E-state index in [0.717, 1.165) is 10.1 Å². The minimum absolute atomic E-state index is 0.102. The minimum Gasteiger partial charge on any atom is -0.171 e. The molecule has 0 N–H and O–H groups in total.